The zero-order valence-corrected chi connectivity index (χ0v) is 16.2. The smallest absolute Gasteiger partial charge is 0.282 e. The summed E-state index contributed by atoms with van der Waals surface area (Å²) in [6.07, 6.45) is 4.96. The van der Waals surface area contributed by atoms with Gasteiger partial charge < -0.3 is 4.98 Å². The molecule has 3 heterocycles. The molecule has 0 saturated heterocycles. The number of nitrogens with zero attached hydrogens (tertiary/aromatic N) is 3. The molecule has 0 bridgehead atoms. The fourth-order valence-electron chi connectivity index (χ4n) is 4.05. The van der Waals surface area contributed by atoms with E-state index < -0.39 is 0 Å². The van der Waals surface area contributed by atoms with Crippen LogP contribution in [-0.2, 0) is 12.8 Å². The molecule has 0 amide bonds. The molecule has 0 aromatic carbocycles. The lowest BCUT2D eigenvalue weighted by Crippen LogP contribution is -2.27. The number of carbonyl (C=O) groups is 1. The average Bonchev–Trinajstić information content (AvgIpc) is 3.13. The fraction of sp³-hybridized carbons (Fsp3) is 0.476. The Morgan fingerprint density at radius 3 is 2.69 bits per heavy atom. The van der Waals surface area contributed by atoms with Crippen molar-refractivity contribution in [1.82, 2.24) is 19.7 Å². The van der Waals surface area contributed by atoms with Gasteiger partial charge in [-0.15, -0.1) is 0 Å². The number of hydrogen-bond acceptors (Lipinski definition) is 3. The van der Waals surface area contributed by atoms with Gasteiger partial charge in [0.15, 0.2) is 0 Å². The van der Waals surface area contributed by atoms with Gasteiger partial charge in [-0.05, 0) is 62.1 Å². The summed E-state index contributed by atoms with van der Waals surface area (Å²) in [7, 11) is 0. The van der Waals surface area contributed by atoms with Crippen LogP contribution in [0.15, 0.2) is 18.3 Å². The van der Waals surface area contributed by atoms with Gasteiger partial charge in [0.05, 0.1) is 16.8 Å². The first-order valence-electron chi connectivity index (χ1n) is 9.32. The van der Waals surface area contributed by atoms with Crippen LogP contribution in [0.5, 0.6) is 0 Å². The van der Waals surface area contributed by atoms with Gasteiger partial charge in [-0.25, -0.2) is 4.68 Å². The number of fused-ring (bicyclic) bond motifs is 2. The Morgan fingerprint density at radius 1 is 1.27 bits per heavy atom. The highest BCUT2D eigenvalue weighted by molar-refractivity contribution is 6.06. The maximum absolute atomic E-state index is 12.9. The molecule has 1 N–H and O–H groups in total. The monoisotopic (exact) mass is 350 g/mol. The standard InChI is InChI=1S/C21H26N4O/c1-12-8-13(2)25(24-12)20(26)16-11-22-18-10-14-9-15(21(3,4)5)6-7-17(14)23-19(16)18/h8,10-11,15,22H,6-7,9H2,1-5H3. The van der Waals surface area contributed by atoms with Crippen LogP contribution in [0.1, 0.15) is 60.2 Å². The van der Waals surface area contributed by atoms with E-state index in [2.05, 4.69) is 36.9 Å². The Bertz CT molecular complexity index is 1000. The van der Waals surface area contributed by atoms with E-state index >= 15 is 0 Å². The molecule has 1 atom stereocenters. The third-order valence-corrected chi connectivity index (χ3v) is 5.67. The number of rotatable bonds is 1. The van der Waals surface area contributed by atoms with Crippen molar-refractivity contribution < 1.29 is 4.79 Å². The molecule has 5 heteroatoms. The number of carbonyl (C=O) groups excluding carboxylic acids is 1. The SMILES string of the molecule is Cc1cc(C)n(C(=O)c2c[nH]c3cc4c(nc23)CCC(C(C)(C)C)C4)n1. The lowest BCUT2D eigenvalue weighted by molar-refractivity contribution is 0.0944. The molecular formula is C21H26N4O. The molecule has 0 spiro atoms. The normalized spacial score (nSPS) is 17.5. The Labute approximate surface area is 153 Å². The molecule has 3 aromatic heterocycles. The van der Waals surface area contributed by atoms with E-state index in [9.17, 15) is 4.79 Å². The summed E-state index contributed by atoms with van der Waals surface area (Å²) >= 11 is 0. The minimum Gasteiger partial charge on any atom is -0.359 e. The highest BCUT2D eigenvalue weighted by atomic mass is 16.2. The molecule has 0 saturated carbocycles. The van der Waals surface area contributed by atoms with Gasteiger partial charge in [0.2, 0.25) is 0 Å². The Morgan fingerprint density at radius 2 is 2.04 bits per heavy atom. The molecule has 1 unspecified atom stereocenters. The minimum absolute atomic E-state index is 0.127. The van der Waals surface area contributed by atoms with Gasteiger partial charge in [0.1, 0.15) is 5.52 Å². The van der Waals surface area contributed by atoms with Crippen molar-refractivity contribution in [3.05, 3.63) is 46.5 Å². The van der Waals surface area contributed by atoms with Crippen LogP contribution in [0.3, 0.4) is 0 Å². The Hall–Kier alpha value is -2.43. The largest absolute Gasteiger partial charge is 0.359 e. The lowest BCUT2D eigenvalue weighted by Gasteiger charge is -2.34. The Balaban J connectivity index is 1.74. The maximum Gasteiger partial charge on any atom is 0.282 e. The van der Waals surface area contributed by atoms with E-state index in [-0.39, 0.29) is 5.91 Å². The predicted molar refractivity (Wildman–Crippen MR) is 102 cm³/mol. The quantitative estimate of drug-likeness (QED) is 0.715. The van der Waals surface area contributed by atoms with Gasteiger partial charge >= 0.3 is 0 Å². The predicted octanol–water partition coefficient (Wildman–Crippen LogP) is 4.22. The first kappa shape index (κ1) is 17.0. The summed E-state index contributed by atoms with van der Waals surface area (Å²) in [5.74, 6) is 0.540. The third kappa shape index (κ3) is 2.75. The molecule has 5 nitrogen and oxygen atoms in total. The molecule has 3 aromatic rings. The number of hydrogen-bond donors (Lipinski definition) is 1. The molecular weight excluding hydrogens is 324 g/mol. The van der Waals surface area contributed by atoms with Crippen molar-refractivity contribution in [1.29, 1.82) is 0 Å². The van der Waals surface area contributed by atoms with Crippen molar-refractivity contribution >= 4 is 16.9 Å². The van der Waals surface area contributed by atoms with Gasteiger partial charge in [-0.2, -0.15) is 5.10 Å². The summed E-state index contributed by atoms with van der Waals surface area (Å²) in [4.78, 5) is 21.1. The number of aryl methyl sites for hydroxylation is 3. The van der Waals surface area contributed by atoms with E-state index in [0.29, 0.717) is 16.9 Å². The highest BCUT2D eigenvalue weighted by Crippen LogP contribution is 2.37. The zero-order valence-electron chi connectivity index (χ0n) is 16.2. The van der Waals surface area contributed by atoms with Crippen LogP contribution in [0.25, 0.3) is 11.0 Å². The first-order valence-corrected chi connectivity index (χ1v) is 9.32. The van der Waals surface area contributed by atoms with Crippen LogP contribution < -0.4 is 0 Å². The number of aromatic amines is 1. The van der Waals surface area contributed by atoms with Crippen LogP contribution in [0.2, 0.25) is 0 Å². The van der Waals surface area contributed by atoms with Crippen LogP contribution in [-0.4, -0.2) is 25.7 Å². The second kappa shape index (κ2) is 5.79. The first-order chi connectivity index (χ1) is 12.2. The highest BCUT2D eigenvalue weighted by Gasteiger charge is 2.30. The second-order valence-electron chi connectivity index (χ2n) is 8.64. The number of nitrogens with one attached hydrogen (secondary N) is 1. The molecule has 1 aliphatic carbocycles. The van der Waals surface area contributed by atoms with E-state index in [1.165, 1.54) is 10.2 Å². The molecule has 136 valence electrons. The zero-order chi connectivity index (χ0) is 18.6. The van der Waals surface area contributed by atoms with Crippen molar-refractivity contribution in [2.45, 2.75) is 53.9 Å². The van der Waals surface area contributed by atoms with Gasteiger partial charge in [-0.3, -0.25) is 9.78 Å². The molecule has 0 aliphatic heterocycles. The van der Waals surface area contributed by atoms with Gasteiger partial charge in [0.25, 0.3) is 5.91 Å². The van der Waals surface area contributed by atoms with Gasteiger partial charge in [-0.1, -0.05) is 20.8 Å². The van der Waals surface area contributed by atoms with Crippen molar-refractivity contribution in [3.63, 3.8) is 0 Å². The van der Waals surface area contributed by atoms with Crippen LogP contribution >= 0.6 is 0 Å². The van der Waals surface area contributed by atoms with E-state index in [1.807, 2.05) is 19.9 Å². The number of aromatic nitrogens is 4. The summed E-state index contributed by atoms with van der Waals surface area (Å²) in [5, 5.41) is 4.32. The molecule has 0 radical (unpaired) electrons. The van der Waals surface area contributed by atoms with Crippen LogP contribution in [0, 0.1) is 25.2 Å². The molecule has 1 aliphatic rings. The summed E-state index contributed by atoms with van der Waals surface area (Å²) in [6, 6.07) is 4.10. The van der Waals surface area contributed by atoms with E-state index in [4.69, 9.17) is 4.98 Å². The fourth-order valence-corrected chi connectivity index (χ4v) is 4.05. The third-order valence-electron chi connectivity index (χ3n) is 5.67. The van der Waals surface area contributed by atoms with E-state index in [1.54, 1.807) is 6.20 Å². The van der Waals surface area contributed by atoms with Gasteiger partial charge in [0, 0.05) is 17.6 Å². The van der Waals surface area contributed by atoms with Crippen molar-refractivity contribution in [2.75, 3.05) is 0 Å². The van der Waals surface area contributed by atoms with Crippen LogP contribution in [0.4, 0.5) is 0 Å². The van der Waals surface area contributed by atoms with E-state index in [0.717, 1.165) is 47.4 Å². The van der Waals surface area contributed by atoms with Crippen molar-refractivity contribution in [2.24, 2.45) is 11.3 Å². The molecule has 4 rings (SSSR count). The molecule has 0 fully saturated rings. The summed E-state index contributed by atoms with van der Waals surface area (Å²) < 4.78 is 1.47. The number of pyridine rings is 1. The lowest BCUT2D eigenvalue weighted by atomic mass is 9.71. The Kier molecular flexibility index (Phi) is 3.79. The topological polar surface area (TPSA) is 63.6 Å². The number of H-pyrrole nitrogens is 1. The second-order valence-corrected chi connectivity index (χ2v) is 8.64. The van der Waals surface area contributed by atoms with Crippen molar-refractivity contribution in [3.8, 4) is 0 Å². The summed E-state index contributed by atoms with van der Waals surface area (Å²) in [5.41, 5.74) is 6.72. The summed E-state index contributed by atoms with van der Waals surface area (Å²) in [6.45, 7) is 10.7. The maximum atomic E-state index is 12.9. The molecule has 26 heavy (non-hydrogen) atoms. The average molecular weight is 350 g/mol. The minimum atomic E-state index is -0.127.